The molecule has 6 rings (SSSR count). The van der Waals surface area contributed by atoms with Gasteiger partial charge in [-0.05, 0) is 96.2 Å². The highest BCUT2D eigenvalue weighted by Gasteiger charge is 2.58. The molecule has 0 radical (unpaired) electrons. The second-order valence-electron chi connectivity index (χ2n) is 11.4. The number of nitrogens with zero attached hydrogens (tertiary/aromatic N) is 2. The maximum Gasteiger partial charge on any atom is 0.237 e. The third-order valence-corrected chi connectivity index (χ3v) is 8.47. The molecular weight excluding hydrogens is 460 g/mol. The van der Waals surface area contributed by atoms with E-state index in [2.05, 4.69) is 66.1 Å². The van der Waals surface area contributed by atoms with Gasteiger partial charge in [0.1, 0.15) is 24.2 Å². The Kier molecular flexibility index (Phi) is 5.60. The maximum atomic E-state index is 11.8. The van der Waals surface area contributed by atoms with E-state index in [1.165, 1.54) is 27.8 Å². The zero-order valence-electron chi connectivity index (χ0n) is 21.9. The number of pyridine rings is 1. The van der Waals surface area contributed by atoms with Gasteiger partial charge in [-0.1, -0.05) is 18.2 Å². The molecule has 0 bridgehead atoms. The van der Waals surface area contributed by atoms with Crippen molar-refractivity contribution in [3.63, 3.8) is 0 Å². The molecule has 0 saturated heterocycles. The molecule has 37 heavy (non-hydrogen) atoms. The van der Waals surface area contributed by atoms with E-state index in [-0.39, 0.29) is 17.6 Å². The Morgan fingerprint density at radius 3 is 2.62 bits per heavy atom. The molecule has 0 N–H and O–H groups in total. The number of ether oxygens (including phenoxy) is 2. The van der Waals surface area contributed by atoms with Gasteiger partial charge < -0.3 is 14.3 Å². The first-order valence-electron chi connectivity index (χ1n) is 13.1. The highest BCUT2D eigenvalue weighted by molar-refractivity contribution is 5.84. The highest BCUT2D eigenvalue weighted by Crippen LogP contribution is 2.61. The van der Waals surface area contributed by atoms with Gasteiger partial charge in [0.25, 0.3) is 0 Å². The van der Waals surface area contributed by atoms with E-state index in [4.69, 9.17) is 16.0 Å². The van der Waals surface area contributed by atoms with Crippen molar-refractivity contribution in [3.05, 3.63) is 87.9 Å². The van der Waals surface area contributed by atoms with Crippen molar-refractivity contribution in [3.8, 4) is 22.8 Å². The van der Waals surface area contributed by atoms with Gasteiger partial charge in [-0.3, -0.25) is 4.79 Å². The summed E-state index contributed by atoms with van der Waals surface area (Å²) in [6, 6.07) is 14.7. The first-order chi connectivity index (χ1) is 17.7. The molecule has 5 nitrogen and oxygen atoms in total. The fraction of sp³-hybridized carbons (Fsp3) is 0.406. The lowest BCUT2D eigenvalue weighted by Crippen LogP contribution is -2.45. The van der Waals surface area contributed by atoms with Crippen molar-refractivity contribution in [1.82, 2.24) is 4.98 Å². The van der Waals surface area contributed by atoms with Gasteiger partial charge in [-0.25, -0.2) is 11.6 Å². The molecule has 2 fully saturated rings. The van der Waals surface area contributed by atoms with Gasteiger partial charge >= 0.3 is 0 Å². The van der Waals surface area contributed by atoms with Crippen LogP contribution in [0.4, 0.5) is 0 Å². The van der Waals surface area contributed by atoms with Crippen LogP contribution in [-0.2, 0) is 17.8 Å². The number of rotatable bonds is 7. The van der Waals surface area contributed by atoms with E-state index in [0.717, 1.165) is 36.1 Å². The Morgan fingerprint density at radius 2 is 1.92 bits per heavy atom. The van der Waals surface area contributed by atoms with Crippen LogP contribution in [0.15, 0.2) is 48.7 Å². The van der Waals surface area contributed by atoms with Crippen molar-refractivity contribution in [2.75, 3.05) is 0 Å². The summed E-state index contributed by atoms with van der Waals surface area (Å²) in [6.45, 7) is 15.7. The number of aryl methyl sites for hydroxylation is 2. The molecule has 0 amide bonds. The zero-order chi connectivity index (χ0) is 25.9. The molecule has 0 unspecified atom stereocenters. The second-order valence-corrected chi connectivity index (χ2v) is 11.4. The maximum absolute atomic E-state index is 11.8. The Bertz CT molecular complexity index is 1420. The molecule has 3 atom stereocenters. The number of carbonyl (C=O) groups is 1. The van der Waals surface area contributed by atoms with Gasteiger partial charge in [-0.2, -0.15) is 0 Å². The molecule has 2 saturated carbocycles. The molecule has 3 aliphatic rings. The van der Waals surface area contributed by atoms with Crippen LogP contribution >= 0.6 is 0 Å². The average molecular weight is 493 g/mol. The van der Waals surface area contributed by atoms with Crippen LogP contribution in [0.25, 0.3) is 16.0 Å². The summed E-state index contributed by atoms with van der Waals surface area (Å²) >= 11 is 0. The Morgan fingerprint density at radius 1 is 1.16 bits per heavy atom. The summed E-state index contributed by atoms with van der Waals surface area (Å²) in [7, 11) is 0. The number of aromatic nitrogens is 1. The van der Waals surface area contributed by atoms with Crippen LogP contribution in [0.3, 0.4) is 0 Å². The van der Waals surface area contributed by atoms with Crippen molar-refractivity contribution >= 4 is 5.78 Å². The zero-order valence-corrected chi connectivity index (χ0v) is 21.9. The lowest BCUT2D eigenvalue weighted by Gasteiger charge is -2.35. The van der Waals surface area contributed by atoms with Crippen molar-refractivity contribution in [1.29, 1.82) is 0 Å². The van der Waals surface area contributed by atoms with E-state index in [9.17, 15) is 4.79 Å². The third kappa shape index (κ3) is 4.29. The summed E-state index contributed by atoms with van der Waals surface area (Å²) < 4.78 is 12.3. The molecule has 3 aromatic rings. The number of hydrogen-bond acceptors (Lipinski definition) is 4. The number of fused-ring (bicyclic) bond motifs is 3. The quantitative estimate of drug-likeness (QED) is 0.347. The summed E-state index contributed by atoms with van der Waals surface area (Å²) in [5.74, 6) is 2.87. The normalized spacial score (nSPS) is 26.9. The molecule has 5 heteroatoms. The molecule has 1 heterocycles. The lowest BCUT2D eigenvalue weighted by atomic mass is 9.76. The summed E-state index contributed by atoms with van der Waals surface area (Å²) in [4.78, 5) is 20.0. The molecule has 0 spiro atoms. The van der Waals surface area contributed by atoms with Gasteiger partial charge in [0.2, 0.25) is 11.4 Å². The largest absolute Gasteiger partial charge is 0.490 e. The van der Waals surface area contributed by atoms with Crippen LogP contribution in [0.5, 0.6) is 11.6 Å². The summed E-state index contributed by atoms with van der Waals surface area (Å²) in [6.07, 6.45) is 4.57. The molecule has 188 valence electrons. The third-order valence-electron chi connectivity index (χ3n) is 8.47. The lowest BCUT2D eigenvalue weighted by molar-refractivity contribution is -0.118. The van der Waals surface area contributed by atoms with Crippen LogP contribution < -0.4 is 9.47 Å². The number of Topliss-reactive ketones (excluding diaryl/α,β-unsaturated/α-hetero) is 1. The predicted octanol–water partition coefficient (Wildman–Crippen LogP) is 6.64. The topological polar surface area (TPSA) is 52.8 Å². The Balaban J connectivity index is 1.13. The molecule has 2 aromatic carbocycles. The first-order valence-corrected chi connectivity index (χ1v) is 13.1. The minimum absolute atomic E-state index is 0.124. The van der Waals surface area contributed by atoms with Crippen LogP contribution in [0, 0.1) is 32.3 Å². The van der Waals surface area contributed by atoms with Crippen molar-refractivity contribution < 1.29 is 14.3 Å². The Labute approximate surface area is 218 Å². The fourth-order valence-electron chi connectivity index (χ4n) is 6.61. The number of benzene rings is 2. The van der Waals surface area contributed by atoms with E-state index < -0.39 is 0 Å². The van der Waals surface area contributed by atoms with Crippen molar-refractivity contribution in [2.45, 2.75) is 71.1 Å². The number of ketones is 1. The number of hydrogen-bond donors (Lipinski definition) is 0. The summed E-state index contributed by atoms with van der Waals surface area (Å²) in [5.41, 5.74) is 8.05. The minimum Gasteiger partial charge on any atom is -0.490 e. The van der Waals surface area contributed by atoms with Crippen LogP contribution in [0.2, 0.25) is 0 Å². The molecule has 3 aliphatic carbocycles. The van der Waals surface area contributed by atoms with E-state index in [1.54, 1.807) is 6.92 Å². The van der Waals surface area contributed by atoms with Crippen LogP contribution in [0.1, 0.15) is 60.4 Å². The minimum atomic E-state index is -0.259. The van der Waals surface area contributed by atoms with Crippen LogP contribution in [-0.4, -0.2) is 22.4 Å². The first kappa shape index (κ1) is 23.7. The van der Waals surface area contributed by atoms with Crippen molar-refractivity contribution in [2.24, 2.45) is 11.8 Å². The highest BCUT2D eigenvalue weighted by atomic mass is 16.5. The average Bonchev–Trinajstić information content (AvgIpc) is 3.44. The SMILES string of the molecule is [C-]#[N+]C1(C)CC(Oc2cc(C)c(-c3cccc(COc4cc5c(cn4)[C@H]4[C@@H](C5)[C@@H]4C(C)=O)c3)c(C)c2)C1. The standard InChI is InChI=1S/C32H32N2O3/c1-18-9-24(37-25-14-32(4,15-25)33-5)10-19(2)29(18)22-8-6-7-21(11-22)17-36-28-13-23-12-26-30(20(3)35)31(26)27(23)16-34-28/h6-11,13,16,25-26,30-31H,12,14-15,17H2,1-4H3/t25?,26-,30-,31+,32?/m0/s1. The Hall–Kier alpha value is -3.65. The predicted molar refractivity (Wildman–Crippen MR) is 143 cm³/mol. The number of carbonyl (C=O) groups excluding carboxylic acids is 1. The van der Waals surface area contributed by atoms with Gasteiger partial charge in [0.05, 0.1) is 12.8 Å². The van der Waals surface area contributed by atoms with E-state index >= 15 is 0 Å². The molecule has 0 aliphatic heterocycles. The summed E-state index contributed by atoms with van der Waals surface area (Å²) in [5, 5.41) is 0. The van der Waals surface area contributed by atoms with Gasteiger partial charge in [0.15, 0.2) is 0 Å². The molecule has 1 aromatic heterocycles. The van der Waals surface area contributed by atoms with E-state index in [0.29, 0.717) is 30.1 Å². The second kappa shape index (κ2) is 8.73. The smallest absolute Gasteiger partial charge is 0.237 e. The van der Waals surface area contributed by atoms with Gasteiger partial charge in [-0.15, -0.1) is 0 Å². The van der Waals surface area contributed by atoms with Gasteiger partial charge in [0, 0.05) is 25.1 Å². The van der Waals surface area contributed by atoms with E-state index in [1.807, 2.05) is 13.1 Å². The molecular formula is C32H32N2O3. The fourth-order valence-corrected chi connectivity index (χ4v) is 6.61. The monoisotopic (exact) mass is 492 g/mol.